The van der Waals surface area contributed by atoms with Gasteiger partial charge in [0.05, 0.1) is 38.0 Å². The van der Waals surface area contributed by atoms with Gasteiger partial charge in [0.2, 0.25) is 35.4 Å². The normalized spacial score (nSPS) is 31.7. The quantitative estimate of drug-likeness (QED) is 0.0331. The Morgan fingerprint density at radius 3 is 1.62 bits per heavy atom. The second-order valence-electron chi connectivity index (χ2n) is 20.2. The molecule has 22 atom stereocenters. The molecule has 3 heterocycles. The van der Waals surface area contributed by atoms with Crippen LogP contribution in [0.3, 0.4) is 0 Å². The van der Waals surface area contributed by atoms with Crippen molar-refractivity contribution in [3.8, 4) is 5.75 Å². The molecule has 30 nitrogen and oxygen atoms in total. The Kier molecular flexibility index (Phi) is 26.5. The summed E-state index contributed by atoms with van der Waals surface area (Å²) < 4.78 is 28.0. The fourth-order valence-corrected chi connectivity index (χ4v) is 8.91. The summed E-state index contributed by atoms with van der Waals surface area (Å²) >= 11 is 0. The maximum absolute atomic E-state index is 13.6. The minimum absolute atomic E-state index is 0.0262. The second-order valence-corrected chi connectivity index (χ2v) is 20.2. The van der Waals surface area contributed by atoms with E-state index in [1.54, 1.807) is 6.92 Å². The molecule has 6 amide bonds. The van der Waals surface area contributed by atoms with Gasteiger partial charge in [-0.25, -0.2) is 0 Å². The number of rotatable bonds is 29. The van der Waals surface area contributed by atoms with Crippen molar-refractivity contribution >= 4 is 35.4 Å². The number of aliphatic hydroxyl groups excluding tert-OH is 10. The number of phenolic OH excluding ortho intramolecular Hbond substituents is 1. The van der Waals surface area contributed by atoms with Gasteiger partial charge in [0.1, 0.15) is 103 Å². The van der Waals surface area contributed by atoms with Gasteiger partial charge in [-0.1, -0.05) is 32.4 Å². The number of hydrogen-bond donors (Lipinski definition) is 19. The fraction of sp³-hybridized carbons (Fsp3) is 0.755. The molecule has 3 aliphatic heterocycles. The molecule has 1 unspecified atom stereocenters. The molecule has 3 saturated heterocycles. The van der Waals surface area contributed by atoms with E-state index < -0.39 is 183 Å². The van der Waals surface area contributed by atoms with Crippen LogP contribution in [-0.4, -0.2) is 246 Å². The standard InChI is InChI=1S/C49H82N8O22/c1-5-20(2)32(51)47(74)55-22(4)44(71)57-27(16-23-9-11-24(61)12-10-23)46(73)54-21(3)43(70)56-26(42(52)69)8-6-7-15-53-45(72)25(50)13-14-28-33(62)36(65)40(30(18-59)75-28)78-49-39(68)37(66)41(31(19-60)77-49)79-48-38(67)35(64)34(63)29(17-58)76-48/h9-12,20-22,25-41,48-49,58-68H,5-8,13-19,50-51H2,1-4H3,(H2,52,69)(H,53,72)(H,54,73)(H,55,74)(H,56,70)(H,57,71)/t20?,21-,22-,25+,26-,27-,28-,29+,30+,31+,32-,33-,34-,35-,36+,37+,38+,39+,40+,41-,48+,49-/m0/s1. The van der Waals surface area contributed by atoms with Crippen molar-refractivity contribution in [1.82, 2.24) is 26.6 Å². The molecule has 22 N–H and O–H groups in total. The predicted octanol–water partition coefficient (Wildman–Crippen LogP) is -8.34. The topological polar surface area (TPSA) is 509 Å². The molecule has 0 spiro atoms. The smallest absolute Gasteiger partial charge is 0.243 e. The number of aromatic hydroxyl groups is 1. The molecule has 1 aromatic rings. The lowest BCUT2D eigenvalue weighted by Crippen LogP contribution is -2.66. The first-order valence-corrected chi connectivity index (χ1v) is 26.2. The number of carbonyl (C=O) groups is 6. The Hall–Kier alpha value is -4.84. The first-order valence-electron chi connectivity index (χ1n) is 26.2. The number of benzene rings is 1. The number of primary amides is 1. The molecule has 0 aliphatic carbocycles. The number of unbranched alkanes of at least 4 members (excludes halogenated alkanes) is 1. The van der Waals surface area contributed by atoms with Gasteiger partial charge in [0, 0.05) is 13.0 Å². The number of aliphatic hydroxyl groups is 10. The predicted molar refractivity (Wildman–Crippen MR) is 271 cm³/mol. The van der Waals surface area contributed by atoms with E-state index in [-0.39, 0.29) is 56.7 Å². The summed E-state index contributed by atoms with van der Waals surface area (Å²) in [5, 5.41) is 127. The van der Waals surface area contributed by atoms with Gasteiger partial charge in [-0.2, -0.15) is 0 Å². The van der Waals surface area contributed by atoms with Crippen molar-refractivity contribution < 1.29 is 109 Å². The molecule has 79 heavy (non-hydrogen) atoms. The summed E-state index contributed by atoms with van der Waals surface area (Å²) in [6.07, 6.45) is -24.6. The lowest BCUT2D eigenvalue weighted by Gasteiger charge is -2.48. The summed E-state index contributed by atoms with van der Waals surface area (Å²) in [6, 6.07) is -1.01. The summed E-state index contributed by atoms with van der Waals surface area (Å²) in [5.41, 5.74) is 18.3. The summed E-state index contributed by atoms with van der Waals surface area (Å²) in [4.78, 5) is 78.0. The zero-order valence-electron chi connectivity index (χ0n) is 44.4. The molecule has 0 radical (unpaired) electrons. The Labute approximate surface area is 455 Å². The van der Waals surface area contributed by atoms with Gasteiger partial charge in [-0.15, -0.1) is 0 Å². The van der Waals surface area contributed by atoms with Gasteiger partial charge >= 0.3 is 0 Å². The van der Waals surface area contributed by atoms with Crippen LogP contribution in [0.15, 0.2) is 24.3 Å². The molecular formula is C49H82N8O22. The highest BCUT2D eigenvalue weighted by molar-refractivity contribution is 5.95. The van der Waals surface area contributed by atoms with Crippen LogP contribution in [-0.2, 0) is 58.9 Å². The van der Waals surface area contributed by atoms with Crippen molar-refractivity contribution in [2.24, 2.45) is 23.1 Å². The van der Waals surface area contributed by atoms with E-state index >= 15 is 0 Å². The third-order valence-electron chi connectivity index (χ3n) is 14.3. The lowest BCUT2D eigenvalue weighted by molar-refractivity contribution is -0.373. The number of amides is 6. The minimum Gasteiger partial charge on any atom is -0.508 e. The van der Waals surface area contributed by atoms with Crippen LogP contribution in [0.5, 0.6) is 5.75 Å². The van der Waals surface area contributed by atoms with Crippen LogP contribution < -0.4 is 43.8 Å². The molecule has 0 aromatic heterocycles. The van der Waals surface area contributed by atoms with Gasteiger partial charge in [0.15, 0.2) is 12.6 Å². The lowest BCUT2D eigenvalue weighted by atomic mass is 9.91. The first kappa shape index (κ1) is 66.7. The Morgan fingerprint density at radius 2 is 1.08 bits per heavy atom. The number of phenols is 1. The van der Waals surface area contributed by atoms with Gasteiger partial charge in [-0.3, -0.25) is 28.8 Å². The van der Waals surface area contributed by atoms with Crippen molar-refractivity contribution in [2.45, 2.75) is 201 Å². The largest absolute Gasteiger partial charge is 0.508 e. The van der Waals surface area contributed by atoms with E-state index in [4.69, 9.17) is 40.9 Å². The maximum Gasteiger partial charge on any atom is 0.243 e. The summed E-state index contributed by atoms with van der Waals surface area (Å²) in [7, 11) is 0. The second kappa shape index (κ2) is 31.4. The summed E-state index contributed by atoms with van der Waals surface area (Å²) in [6.45, 7) is 3.98. The average molecular weight is 1140 g/mol. The van der Waals surface area contributed by atoms with E-state index in [0.29, 0.717) is 12.0 Å². The van der Waals surface area contributed by atoms with Gasteiger partial charge < -0.3 is 124 Å². The third kappa shape index (κ3) is 18.3. The van der Waals surface area contributed by atoms with Crippen LogP contribution in [0, 0.1) is 5.92 Å². The molecule has 3 fully saturated rings. The van der Waals surface area contributed by atoms with E-state index in [2.05, 4.69) is 26.6 Å². The Morgan fingerprint density at radius 1 is 0.582 bits per heavy atom. The fourth-order valence-electron chi connectivity index (χ4n) is 8.91. The molecule has 450 valence electrons. The first-order chi connectivity index (χ1) is 37.3. The van der Waals surface area contributed by atoms with Gasteiger partial charge in [0.25, 0.3) is 0 Å². The van der Waals surface area contributed by atoms with Crippen LogP contribution in [0.4, 0.5) is 0 Å². The molecule has 0 saturated carbocycles. The van der Waals surface area contributed by atoms with E-state index in [0.717, 1.165) is 0 Å². The van der Waals surface area contributed by atoms with E-state index in [1.165, 1.54) is 38.1 Å². The minimum atomic E-state index is -2.01. The van der Waals surface area contributed by atoms with Crippen LogP contribution in [0.25, 0.3) is 0 Å². The zero-order valence-corrected chi connectivity index (χ0v) is 44.4. The van der Waals surface area contributed by atoms with Crippen LogP contribution in [0.2, 0.25) is 0 Å². The highest BCUT2D eigenvalue weighted by Gasteiger charge is 2.53. The zero-order chi connectivity index (χ0) is 59.0. The molecule has 30 heteroatoms. The molecule has 3 aliphatic rings. The Bertz CT molecular complexity index is 2120. The highest BCUT2D eigenvalue weighted by Crippen LogP contribution is 2.33. The van der Waals surface area contributed by atoms with Crippen molar-refractivity contribution in [1.29, 1.82) is 0 Å². The maximum atomic E-state index is 13.6. The monoisotopic (exact) mass is 1130 g/mol. The summed E-state index contributed by atoms with van der Waals surface area (Å²) in [5.74, 6) is -4.55. The molecule has 1 aromatic carbocycles. The number of hydrogen-bond acceptors (Lipinski definition) is 24. The van der Waals surface area contributed by atoms with Crippen LogP contribution in [0.1, 0.15) is 71.8 Å². The van der Waals surface area contributed by atoms with E-state index in [9.17, 15) is 84.9 Å². The Balaban J connectivity index is 1.22. The third-order valence-corrected chi connectivity index (χ3v) is 14.3. The number of carbonyl (C=O) groups excluding carboxylic acids is 6. The van der Waals surface area contributed by atoms with Crippen LogP contribution >= 0.6 is 0 Å². The molecule has 4 rings (SSSR count). The SMILES string of the molecule is CCC(C)[C@H](N)C(=O)N[C@@H](C)C(=O)N[C@@H](Cc1ccc(O)cc1)C(=O)N[C@@H](C)C(=O)N[C@@H](CCCCNC(=O)[C@H](N)CC[C@@H]1O[C@H](CO)[C@@H](O[C@@H]2O[C@H](CO)[C@H](O[C@H]3O[C@H](CO)[C@H](O)[C@H](O)[C@H]3O)[C@H](O)[C@H]2O)[C@H](O)[C@H]1O)C(N)=O. The van der Waals surface area contributed by atoms with Crippen molar-refractivity contribution in [2.75, 3.05) is 26.4 Å². The average Bonchev–Trinajstić information content (AvgIpc) is 3.44. The van der Waals surface area contributed by atoms with Crippen molar-refractivity contribution in [3.05, 3.63) is 29.8 Å². The van der Waals surface area contributed by atoms with E-state index in [1.807, 2.05) is 6.92 Å². The highest BCUT2D eigenvalue weighted by atomic mass is 16.7. The van der Waals surface area contributed by atoms with Gasteiger partial charge in [-0.05, 0) is 69.6 Å². The molecule has 0 bridgehead atoms. The number of nitrogens with two attached hydrogens (primary N) is 3. The van der Waals surface area contributed by atoms with Crippen molar-refractivity contribution in [3.63, 3.8) is 0 Å². The number of ether oxygens (including phenoxy) is 5. The molecular weight excluding hydrogens is 1050 g/mol. The number of nitrogens with one attached hydrogen (secondary N) is 5.